The summed E-state index contributed by atoms with van der Waals surface area (Å²) in [6, 6.07) is 5.09. The van der Waals surface area contributed by atoms with E-state index >= 15 is 0 Å². The summed E-state index contributed by atoms with van der Waals surface area (Å²) >= 11 is 0. The zero-order valence-electron chi connectivity index (χ0n) is 8.64. The number of rotatable bonds is 2. The highest BCUT2D eigenvalue weighted by molar-refractivity contribution is 5.44. The maximum atomic E-state index is 9.78. The highest BCUT2D eigenvalue weighted by atomic mass is 16.6. The Balaban J connectivity index is 2.27. The number of benzene rings is 1. The maximum Gasteiger partial charge on any atom is 0.161 e. The molecule has 1 aliphatic rings. The van der Waals surface area contributed by atoms with Crippen LogP contribution in [0, 0.1) is 0 Å². The zero-order chi connectivity index (χ0) is 10.8. The van der Waals surface area contributed by atoms with E-state index in [1.165, 1.54) is 0 Å². The van der Waals surface area contributed by atoms with Gasteiger partial charge in [-0.15, -0.1) is 0 Å². The third kappa shape index (κ3) is 2.06. The summed E-state index contributed by atoms with van der Waals surface area (Å²) in [5, 5.41) is 9.78. The Hall–Kier alpha value is -1.26. The van der Waals surface area contributed by atoms with Gasteiger partial charge < -0.3 is 20.3 Å². The van der Waals surface area contributed by atoms with E-state index < -0.39 is 6.10 Å². The number of fused-ring (bicyclic) bond motifs is 1. The number of hydrogen-bond acceptors (Lipinski definition) is 4. The van der Waals surface area contributed by atoms with Crippen LogP contribution in [-0.4, -0.2) is 24.4 Å². The smallest absolute Gasteiger partial charge is 0.161 e. The Kier molecular flexibility index (Phi) is 2.79. The monoisotopic (exact) mass is 209 g/mol. The molecule has 1 aromatic carbocycles. The number of aliphatic hydroxyl groups excluding tert-OH is 1. The highest BCUT2D eigenvalue weighted by Crippen LogP contribution is 2.32. The van der Waals surface area contributed by atoms with Crippen molar-refractivity contribution in [1.82, 2.24) is 0 Å². The predicted molar refractivity (Wildman–Crippen MR) is 56.0 cm³/mol. The molecule has 1 aliphatic heterocycles. The molecule has 4 nitrogen and oxygen atoms in total. The summed E-state index contributed by atoms with van der Waals surface area (Å²) in [4.78, 5) is 0. The molecule has 0 bridgehead atoms. The van der Waals surface area contributed by atoms with E-state index in [9.17, 15) is 5.11 Å². The minimum atomic E-state index is -0.666. The SMILES string of the molecule is C[C@@H](N)[C@@H](O)c1ccc2c(c1)OCCO2. The van der Waals surface area contributed by atoms with Crippen LogP contribution in [-0.2, 0) is 0 Å². The normalized spacial score (nSPS) is 18.3. The molecule has 0 amide bonds. The van der Waals surface area contributed by atoms with Crippen LogP contribution in [0.4, 0.5) is 0 Å². The van der Waals surface area contributed by atoms with E-state index in [2.05, 4.69) is 0 Å². The number of hydrogen-bond donors (Lipinski definition) is 2. The Morgan fingerprint density at radius 1 is 1.27 bits per heavy atom. The van der Waals surface area contributed by atoms with Gasteiger partial charge in [0.2, 0.25) is 0 Å². The highest BCUT2D eigenvalue weighted by Gasteiger charge is 2.17. The van der Waals surface area contributed by atoms with Crippen molar-refractivity contribution in [2.24, 2.45) is 5.73 Å². The predicted octanol–water partition coefficient (Wildman–Crippen LogP) is 0.838. The lowest BCUT2D eigenvalue weighted by Crippen LogP contribution is -2.24. The molecule has 0 unspecified atom stereocenters. The second-order valence-electron chi connectivity index (χ2n) is 3.71. The lowest BCUT2D eigenvalue weighted by molar-refractivity contribution is 0.149. The standard InChI is InChI=1S/C11H15NO3/c1-7(12)11(13)8-2-3-9-10(6-8)15-5-4-14-9/h2-3,6-7,11,13H,4-5,12H2,1H3/t7-,11-/m1/s1. The first-order valence-corrected chi connectivity index (χ1v) is 5.01. The molecule has 0 aromatic heterocycles. The number of aliphatic hydroxyl groups is 1. The second kappa shape index (κ2) is 4.08. The lowest BCUT2D eigenvalue weighted by Gasteiger charge is -2.21. The Morgan fingerprint density at radius 2 is 1.93 bits per heavy atom. The number of nitrogens with two attached hydrogens (primary N) is 1. The van der Waals surface area contributed by atoms with Crippen LogP contribution in [0.3, 0.4) is 0 Å². The Morgan fingerprint density at radius 3 is 2.60 bits per heavy atom. The van der Waals surface area contributed by atoms with Crippen molar-refractivity contribution < 1.29 is 14.6 Å². The van der Waals surface area contributed by atoms with Crippen LogP contribution in [0.2, 0.25) is 0 Å². The van der Waals surface area contributed by atoms with Crippen molar-refractivity contribution in [2.75, 3.05) is 13.2 Å². The molecule has 0 saturated heterocycles. The molecular formula is C11H15NO3. The quantitative estimate of drug-likeness (QED) is 0.757. The average molecular weight is 209 g/mol. The third-order valence-electron chi connectivity index (χ3n) is 2.41. The summed E-state index contributed by atoms with van der Waals surface area (Å²) in [5.74, 6) is 1.40. The molecule has 1 aromatic rings. The molecule has 2 rings (SSSR count). The van der Waals surface area contributed by atoms with Gasteiger partial charge in [0.1, 0.15) is 13.2 Å². The first-order chi connectivity index (χ1) is 7.18. The van der Waals surface area contributed by atoms with Gasteiger partial charge in [-0.3, -0.25) is 0 Å². The van der Waals surface area contributed by atoms with Crippen molar-refractivity contribution in [1.29, 1.82) is 0 Å². The van der Waals surface area contributed by atoms with Crippen LogP contribution >= 0.6 is 0 Å². The molecule has 4 heteroatoms. The van der Waals surface area contributed by atoms with Gasteiger partial charge in [0, 0.05) is 6.04 Å². The van der Waals surface area contributed by atoms with E-state index in [1.54, 1.807) is 19.1 Å². The van der Waals surface area contributed by atoms with E-state index in [0.717, 1.165) is 11.3 Å². The van der Waals surface area contributed by atoms with Crippen molar-refractivity contribution in [2.45, 2.75) is 19.1 Å². The van der Waals surface area contributed by atoms with Gasteiger partial charge in [0.25, 0.3) is 0 Å². The van der Waals surface area contributed by atoms with Crippen molar-refractivity contribution in [3.8, 4) is 11.5 Å². The molecule has 0 aliphatic carbocycles. The van der Waals surface area contributed by atoms with Gasteiger partial charge in [-0.05, 0) is 24.6 Å². The Bertz CT molecular complexity index is 352. The first kappa shape index (κ1) is 10.3. The van der Waals surface area contributed by atoms with Gasteiger partial charge in [-0.25, -0.2) is 0 Å². The summed E-state index contributed by atoms with van der Waals surface area (Å²) < 4.78 is 10.8. The van der Waals surface area contributed by atoms with E-state index in [-0.39, 0.29) is 6.04 Å². The second-order valence-corrected chi connectivity index (χ2v) is 3.71. The van der Waals surface area contributed by atoms with Crippen LogP contribution < -0.4 is 15.2 Å². The summed E-state index contributed by atoms with van der Waals surface area (Å²) in [6.45, 7) is 2.88. The first-order valence-electron chi connectivity index (χ1n) is 5.01. The van der Waals surface area contributed by atoms with Gasteiger partial charge >= 0.3 is 0 Å². The van der Waals surface area contributed by atoms with Crippen LogP contribution in [0.15, 0.2) is 18.2 Å². The molecule has 0 radical (unpaired) electrons. The molecule has 15 heavy (non-hydrogen) atoms. The zero-order valence-corrected chi connectivity index (χ0v) is 8.64. The van der Waals surface area contributed by atoms with Gasteiger partial charge in [0.05, 0.1) is 6.10 Å². The molecule has 3 N–H and O–H groups in total. The van der Waals surface area contributed by atoms with Crippen molar-refractivity contribution >= 4 is 0 Å². The maximum absolute atomic E-state index is 9.78. The Labute approximate surface area is 88.6 Å². The summed E-state index contributed by atoms with van der Waals surface area (Å²) in [5.41, 5.74) is 6.38. The van der Waals surface area contributed by atoms with Crippen molar-refractivity contribution in [3.63, 3.8) is 0 Å². The van der Waals surface area contributed by atoms with Gasteiger partial charge in [0.15, 0.2) is 11.5 Å². The molecular weight excluding hydrogens is 194 g/mol. The van der Waals surface area contributed by atoms with Crippen LogP contribution in [0.5, 0.6) is 11.5 Å². The van der Waals surface area contributed by atoms with Crippen LogP contribution in [0.1, 0.15) is 18.6 Å². The van der Waals surface area contributed by atoms with Crippen LogP contribution in [0.25, 0.3) is 0 Å². The minimum Gasteiger partial charge on any atom is -0.486 e. The molecule has 1 heterocycles. The largest absolute Gasteiger partial charge is 0.486 e. The molecule has 0 fully saturated rings. The molecule has 82 valence electrons. The summed E-state index contributed by atoms with van der Waals surface area (Å²) in [6.07, 6.45) is -0.666. The third-order valence-corrected chi connectivity index (χ3v) is 2.41. The fraction of sp³-hybridized carbons (Fsp3) is 0.455. The molecule has 2 atom stereocenters. The van der Waals surface area contributed by atoms with Gasteiger partial charge in [-0.2, -0.15) is 0 Å². The fourth-order valence-corrected chi connectivity index (χ4v) is 1.55. The lowest BCUT2D eigenvalue weighted by atomic mass is 10.0. The van der Waals surface area contributed by atoms with E-state index in [4.69, 9.17) is 15.2 Å². The number of ether oxygens (including phenoxy) is 2. The van der Waals surface area contributed by atoms with E-state index in [1.807, 2.05) is 6.07 Å². The van der Waals surface area contributed by atoms with Crippen molar-refractivity contribution in [3.05, 3.63) is 23.8 Å². The molecule has 0 saturated carbocycles. The summed E-state index contributed by atoms with van der Waals surface area (Å²) in [7, 11) is 0. The molecule has 0 spiro atoms. The topological polar surface area (TPSA) is 64.7 Å². The fourth-order valence-electron chi connectivity index (χ4n) is 1.55. The van der Waals surface area contributed by atoms with Gasteiger partial charge in [-0.1, -0.05) is 6.07 Å². The average Bonchev–Trinajstić information content (AvgIpc) is 2.27. The minimum absolute atomic E-state index is 0.299. The van der Waals surface area contributed by atoms with E-state index in [0.29, 0.717) is 19.0 Å².